The van der Waals surface area contributed by atoms with Crippen molar-refractivity contribution in [2.24, 2.45) is 0 Å². The molecular formula is C30H34F2N4O4. The Bertz CT molecular complexity index is 1380. The molecule has 1 amide bonds. The lowest BCUT2D eigenvalue weighted by atomic mass is 9.79. The van der Waals surface area contributed by atoms with Crippen molar-refractivity contribution < 1.29 is 27.9 Å². The molecule has 0 unspecified atom stereocenters. The molecule has 2 fully saturated rings. The zero-order valence-electron chi connectivity index (χ0n) is 22.8. The molecular weight excluding hydrogens is 518 g/mol. The van der Waals surface area contributed by atoms with Crippen molar-refractivity contribution in [2.45, 2.75) is 69.5 Å². The number of ether oxygens (including phenoxy) is 1. The summed E-state index contributed by atoms with van der Waals surface area (Å²) in [5.41, 5.74) is 1.04. The first kappa shape index (κ1) is 26.7. The summed E-state index contributed by atoms with van der Waals surface area (Å²) < 4.78 is 42.8. The molecule has 0 saturated carbocycles. The normalized spacial score (nSPS) is 21.8. The minimum Gasteiger partial charge on any atom is -0.481 e. The van der Waals surface area contributed by atoms with Gasteiger partial charge in [-0.15, -0.1) is 0 Å². The first-order chi connectivity index (χ1) is 19.1. The Morgan fingerprint density at radius 3 is 2.48 bits per heavy atom. The van der Waals surface area contributed by atoms with Gasteiger partial charge in [-0.2, -0.15) is 4.98 Å². The SMILES string of the molecule is CC(C)c1noc(N2CCC3(CC2)Oc2ccc(-c4ccc(C(=O)N5CCC[C@@H](O)C5)cc4)cc2CC3(F)F)n1. The molecule has 10 heteroatoms. The van der Waals surface area contributed by atoms with Crippen LogP contribution in [0.5, 0.6) is 5.75 Å². The second-order valence-electron chi connectivity index (χ2n) is 11.5. The van der Waals surface area contributed by atoms with Gasteiger partial charge in [0.15, 0.2) is 11.4 Å². The maximum absolute atomic E-state index is 15.7. The monoisotopic (exact) mass is 552 g/mol. The van der Waals surface area contributed by atoms with Crippen molar-refractivity contribution >= 4 is 11.9 Å². The number of halogens is 2. The van der Waals surface area contributed by atoms with Crippen LogP contribution < -0.4 is 9.64 Å². The van der Waals surface area contributed by atoms with Gasteiger partial charge in [0.25, 0.3) is 11.8 Å². The third-order valence-corrected chi connectivity index (χ3v) is 8.38. The Morgan fingerprint density at radius 2 is 1.80 bits per heavy atom. The van der Waals surface area contributed by atoms with E-state index < -0.39 is 24.0 Å². The number of hydrogen-bond donors (Lipinski definition) is 1. The molecule has 3 aromatic rings. The number of carbonyl (C=O) groups excluding carboxylic acids is 1. The summed E-state index contributed by atoms with van der Waals surface area (Å²) in [6.45, 7) is 5.59. The highest BCUT2D eigenvalue weighted by Gasteiger charge is 2.59. The number of rotatable bonds is 4. The van der Waals surface area contributed by atoms with Gasteiger partial charge in [-0.1, -0.05) is 37.2 Å². The predicted octanol–water partition coefficient (Wildman–Crippen LogP) is 5.07. The number of aromatic nitrogens is 2. The van der Waals surface area contributed by atoms with Gasteiger partial charge >= 0.3 is 6.01 Å². The number of hydrogen-bond acceptors (Lipinski definition) is 7. The topological polar surface area (TPSA) is 91.9 Å². The Hall–Kier alpha value is -3.53. The van der Waals surface area contributed by atoms with Gasteiger partial charge in [-0.05, 0) is 48.2 Å². The fraction of sp³-hybridized carbons (Fsp3) is 0.500. The van der Waals surface area contributed by atoms with Gasteiger partial charge in [-0.25, -0.2) is 8.78 Å². The van der Waals surface area contributed by atoms with E-state index in [0.29, 0.717) is 61.3 Å². The summed E-state index contributed by atoms with van der Waals surface area (Å²) in [6.07, 6.45) is 0.895. The van der Waals surface area contributed by atoms with Crippen molar-refractivity contribution in [1.82, 2.24) is 15.0 Å². The van der Waals surface area contributed by atoms with Crippen LogP contribution in [0.2, 0.25) is 0 Å². The van der Waals surface area contributed by atoms with E-state index in [9.17, 15) is 9.90 Å². The predicted molar refractivity (Wildman–Crippen MR) is 145 cm³/mol. The highest BCUT2D eigenvalue weighted by Crippen LogP contribution is 2.49. The molecule has 2 saturated heterocycles. The Morgan fingerprint density at radius 1 is 1.07 bits per heavy atom. The minimum absolute atomic E-state index is 0.111. The standard InChI is InChI=1S/C30H34F2N4O4/c1-19(2)26-33-28(40-34-26)35-14-11-29(12-15-35)30(31,32)17-23-16-22(9-10-25(23)39-29)20-5-7-21(8-6-20)27(38)36-13-3-4-24(37)18-36/h5-10,16,19,24,37H,3-4,11-15,17-18H2,1-2H3/t24-/m1/s1. The van der Waals surface area contributed by atoms with Crippen LogP contribution in [0, 0.1) is 0 Å². The maximum Gasteiger partial charge on any atom is 0.324 e. The van der Waals surface area contributed by atoms with Gasteiger partial charge in [0.1, 0.15) is 5.75 Å². The number of alkyl halides is 2. The number of anilines is 1. The average molecular weight is 553 g/mol. The highest BCUT2D eigenvalue weighted by atomic mass is 19.3. The van der Waals surface area contributed by atoms with E-state index in [1.807, 2.05) is 36.9 Å². The van der Waals surface area contributed by atoms with Crippen molar-refractivity contribution in [1.29, 1.82) is 0 Å². The van der Waals surface area contributed by atoms with Crippen LogP contribution in [0.3, 0.4) is 0 Å². The van der Waals surface area contributed by atoms with Crippen molar-refractivity contribution in [3.63, 3.8) is 0 Å². The summed E-state index contributed by atoms with van der Waals surface area (Å²) in [5.74, 6) is -1.95. The van der Waals surface area contributed by atoms with Gasteiger partial charge in [0, 0.05) is 62.5 Å². The van der Waals surface area contributed by atoms with Gasteiger partial charge in [0.05, 0.1) is 6.10 Å². The van der Waals surface area contributed by atoms with E-state index >= 15 is 8.78 Å². The van der Waals surface area contributed by atoms with Crippen LogP contribution in [-0.2, 0) is 6.42 Å². The Balaban J connectivity index is 1.16. The molecule has 1 spiro atoms. The summed E-state index contributed by atoms with van der Waals surface area (Å²) in [4.78, 5) is 20.8. The lowest BCUT2D eigenvalue weighted by Gasteiger charge is -2.48. The van der Waals surface area contributed by atoms with Crippen LogP contribution in [0.1, 0.15) is 67.2 Å². The molecule has 0 aliphatic carbocycles. The third kappa shape index (κ3) is 4.82. The quantitative estimate of drug-likeness (QED) is 0.483. The van der Waals surface area contributed by atoms with Crippen LogP contribution in [0.4, 0.5) is 14.8 Å². The van der Waals surface area contributed by atoms with Crippen molar-refractivity contribution in [2.75, 3.05) is 31.1 Å². The molecule has 4 heterocycles. The number of carbonyl (C=O) groups is 1. The van der Waals surface area contributed by atoms with Gasteiger partial charge < -0.3 is 24.2 Å². The molecule has 8 nitrogen and oxygen atoms in total. The molecule has 40 heavy (non-hydrogen) atoms. The third-order valence-electron chi connectivity index (χ3n) is 8.38. The summed E-state index contributed by atoms with van der Waals surface area (Å²) in [7, 11) is 0. The number of piperidine rings is 2. The summed E-state index contributed by atoms with van der Waals surface area (Å²) in [6, 6.07) is 12.9. The fourth-order valence-corrected chi connectivity index (χ4v) is 5.93. The molecule has 1 N–H and O–H groups in total. The lowest BCUT2D eigenvalue weighted by Crippen LogP contribution is -2.61. The zero-order chi connectivity index (χ0) is 28.1. The molecule has 1 aromatic heterocycles. The van der Waals surface area contributed by atoms with Crippen LogP contribution in [0.15, 0.2) is 47.0 Å². The van der Waals surface area contributed by atoms with E-state index in [4.69, 9.17) is 9.26 Å². The highest BCUT2D eigenvalue weighted by molar-refractivity contribution is 5.94. The van der Waals surface area contributed by atoms with Crippen molar-refractivity contribution in [3.8, 4) is 16.9 Å². The van der Waals surface area contributed by atoms with E-state index in [2.05, 4.69) is 10.1 Å². The minimum atomic E-state index is -3.04. The fourth-order valence-electron chi connectivity index (χ4n) is 5.93. The summed E-state index contributed by atoms with van der Waals surface area (Å²) in [5, 5.41) is 13.9. The van der Waals surface area contributed by atoms with E-state index in [1.165, 1.54) is 0 Å². The van der Waals surface area contributed by atoms with E-state index in [0.717, 1.165) is 17.5 Å². The van der Waals surface area contributed by atoms with Crippen LogP contribution in [0.25, 0.3) is 11.1 Å². The molecule has 0 bridgehead atoms. The Kier molecular flexibility index (Phi) is 6.76. The zero-order valence-corrected chi connectivity index (χ0v) is 22.8. The molecule has 6 rings (SSSR count). The van der Waals surface area contributed by atoms with E-state index in [1.54, 1.807) is 29.2 Å². The largest absolute Gasteiger partial charge is 0.481 e. The number of β-amino-alcohol motifs (C(OH)–C–C–N with tert-alkyl or cyclic N) is 1. The lowest BCUT2D eigenvalue weighted by molar-refractivity contribution is -0.185. The molecule has 2 aromatic carbocycles. The number of aliphatic hydroxyl groups is 1. The first-order valence-corrected chi connectivity index (χ1v) is 14.0. The maximum atomic E-state index is 15.7. The van der Waals surface area contributed by atoms with Crippen molar-refractivity contribution in [3.05, 3.63) is 59.4 Å². The van der Waals surface area contributed by atoms with Crippen LogP contribution in [-0.4, -0.2) is 69.9 Å². The average Bonchev–Trinajstić information content (AvgIpc) is 3.44. The second kappa shape index (κ2) is 10.1. The summed E-state index contributed by atoms with van der Waals surface area (Å²) >= 11 is 0. The second-order valence-corrected chi connectivity index (χ2v) is 11.5. The molecule has 3 aliphatic heterocycles. The molecule has 1 atom stereocenters. The van der Waals surface area contributed by atoms with Gasteiger partial charge in [0.2, 0.25) is 0 Å². The number of benzene rings is 2. The number of aliphatic hydroxyl groups excluding tert-OH is 1. The Labute approximate surface area is 231 Å². The molecule has 0 radical (unpaired) electrons. The number of likely N-dealkylation sites (tertiary alicyclic amines) is 1. The van der Waals surface area contributed by atoms with Crippen LogP contribution >= 0.6 is 0 Å². The number of amides is 1. The molecule has 3 aliphatic rings. The number of fused-ring (bicyclic) bond motifs is 1. The number of nitrogens with zero attached hydrogens (tertiary/aromatic N) is 4. The first-order valence-electron chi connectivity index (χ1n) is 14.0. The smallest absolute Gasteiger partial charge is 0.324 e. The van der Waals surface area contributed by atoms with Gasteiger partial charge in [-0.3, -0.25) is 4.79 Å². The molecule has 212 valence electrons. The van der Waals surface area contributed by atoms with E-state index in [-0.39, 0.29) is 24.7 Å².